The van der Waals surface area contributed by atoms with Crippen LogP contribution in [-0.4, -0.2) is 25.7 Å². The smallest absolute Gasteiger partial charge is 0.370 e. The number of hydrogen-bond donors (Lipinski definition) is 1. The van der Waals surface area contributed by atoms with Crippen molar-refractivity contribution in [1.29, 1.82) is 0 Å². The average molecular weight is 170 g/mol. The van der Waals surface area contributed by atoms with Crippen LogP contribution in [0.15, 0.2) is 0 Å². The number of rotatable bonds is 1. The van der Waals surface area contributed by atoms with E-state index in [0.717, 1.165) is 6.61 Å². The molecule has 1 heterocycles. The summed E-state index contributed by atoms with van der Waals surface area (Å²) >= 11 is 0. The number of morpholine rings is 1. The minimum absolute atomic E-state index is 0.358. The van der Waals surface area contributed by atoms with E-state index in [1.54, 1.807) is 0 Å². The van der Waals surface area contributed by atoms with Crippen molar-refractivity contribution in [2.45, 2.75) is 12.6 Å². The van der Waals surface area contributed by atoms with Gasteiger partial charge in [0, 0.05) is 6.54 Å². The normalized spacial score (nSPS) is 27.0. The minimum Gasteiger partial charge on any atom is -0.370 e. The predicted molar refractivity (Wildman–Crippen MR) is 29.2 cm³/mol. The quantitative estimate of drug-likeness (QED) is 0.626. The first-order chi connectivity index (χ1) is 5.08. The molecule has 0 aromatic rings. The third-order valence-electron chi connectivity index (χ3n) is 1.05. The van der Waals surface area contributed by atoms with Crippen LogP contribution in [0.3, 0.4) is 0 Å². The molecule has 1 saturated heterocycles. The summed E-state index contributed by atoms with van der Waals surface area (Å²) in [5, 5.41) is 2.45. The Labute approximate surface area is 61.5 Å². The van der Waals surface area contributed by atoms with Crippen LogP contribution in [0.2, 0.25) is 0 Å². The molecule has 1 aliphatic heterocycles. The van der Waals surface area contributed by atoms with Gasteiger partial charge in [-0.2, -0.15) is 0 Å². The molecule has 1 fully saturated rings. The lowest BCUT2D eigenvalue weighted by molar-refractivity contribution is -0.347. The molecule has 0 aliphatic carbocycles. The van der Waals surface area contributed by atoms with Crippen LogP contribution in [0.5, 0.6) is 0 Å². The first-order valence-corrected chi connectivity index (χ1v) is 3.01. The lowest BCUT2D eigenvalue weighted by atomic mass is 10.5. The zero-order chi connectivity index (χ0) is 8.32. The maximum atomic E-state index is 11.5. The third kappa shape index (κ3) is 3.54. The fraction of sp³-hybridized carbons (Fsp3) is 0.800. The van der Waals surface area contributed by atoms with Gasteiger partial charge in [0.05, 0.1) is 6.61 Å². The standard InChI is InChI=1S/C5H7F3NO2/c6-5(7,8)11-4-3-10-2-1-9-4/h3-4,9H,1-2H2. The predicted octanol–water partition coefficient (Wildman–Crippen LogP) is 0.630. The van der Waals surface area contributed by atoms with Crippen molar-refractivity contribution in [2.24, 2.45) is 0 Å². The highest BCUT2D eigenvalue weighted by Gasteiger charge is 2.34. The molecule has 0 spiro atoms. The van der Waals surface area contributed by atoms with E-state index in [2.05, 4.69) is 14.8 Å². The van der Waals surface area contributed by atoms with Gasteiger partial charge in [-0.1, -0.05) is 0 Å². The van der Waals surface area contributed by atoms with E-state index in [1.165, 1.54) is 0 Å². The SMILES string of the molecule is FC(F)(F)OC1[CH]OCCN1. The molecular formula is C5H7F3NO2. The van der Waals surface area contributed by atoms with Gasteiger partial charge in [-0.15, -0.1) is 13.2 Å². The summed E-state index contributed by atoms with van der Waals surface area (Å²) in [7, 11) is 0. The zero-order valence-corrected chi connectivity index (χ0v) is 5.52. The van der Waals surface area contributed by atoms with Crippen molar-refractivity contribution in [3.8, 4) is 0 Å². The molecular weight excluding hydrogens is 163 g/mol. The van der Waals surface area contributed by atoms with Gasteiger partial charge in [-0.05, 0) is 0 Å². The summed E-state index contributed by atoms with van der Waals surface area (Å²) < 4.78 is 42.7. The maximum Gasteiger partial charge on any atom is 0.524 e. The van der Waals surface area contributed by atoms with Crippen LogP contribution in [0.4, 0.5) is 13.2 Å². The highest BCUT2D eigenvalue weighted by molar-refractivity contribution is 4.70. The lowest BCUT2D eigenvalue weighted by Gasteiger charge is -2.23. The molecule has 1 aliphatic rings. The topological polar surface area (TPSA) is 30.5 Å². The molecule has 3 nitrogen and oxygen atoms in total. The third-order valence-corrected chi connectivity index (χ3v) is 1.05. The number of hydrogen-bond acceptors (Lipinski definition) is 3. The second-order valence-electron chi connectivity index (χ2n) is 1.95. The number of halogens is 3. The largest absolute Gasteiger partial charge is 0.524 e. The average Bonchev–Trinajstić information content (AvgIpc) is 1.85. The Morgan fingerprint density at radius 1 is 1.55 bits per heavy atom. The molecule has 1 rings (SSSR count). The summed E-state index contributed by atoms with van der Waals surface area (Å²) in [4.78, 5) is 0. The van der Waals surface area contributed by atoms with Crippen LogP contribution in [-0.2, 0) is 9.47 Å². The van der Waals surface area contributed by atoms with Gasteiger partial charge in [0.2, 0.25) is 0 Å². The Morgan fingerprint density at radius 2 is 2.27 bits per heavy atom. The van der Waals surface area contributed by atoms with Crippen molar-refractivity contribution >= 4 is 0 Å². The van der Waals surface area contributed by atoms with Crippen molar-refractivity contribution in [2.75, 3.05) is 13.2 Å². The summed E-state index contributed by atoms with van der Waals surface area (Å²) in [6.45, 7) is 1.71. The number of nitrogens with one attached hydrogen (secondary N) is 1. The number of alkyl halides is 3. The first-order valence-electron chi connectivity index (χ1n) is 3.01. The highest BCUT2D eigenvalue weighted by atomic mass is 19.4. The van der Waals surface area contributed by atoms with Crippen LogP contribution in [0.1, 0.15) is 0 Å². The molecule has 1 atom stereocenters. The monoisotopic (exact) mass is 170 g/mol. The second-order valence-corrected chi connectivity index (χ2v) is 1.95. The van der Waals surface area contributed by atoms with Crippen LogP contribution < -0.4 is 5.32 Å². The highest BCUT2D eigenvalue weighted by Crippen LogP contribution is 2.19. The minimum atomic E-state index is -4.62. The molecule has 11 heavy (non-hydrogen) atoms. The molecule has 1 radical (unpaired) electrons. The fourth-order valence-corrected chi connectivity index (χ4v) is 0.677. The van der Waals surface area contributed by atoms with E-state index in [4.69, 9.17) is 0 Å². The van der Waals surface area contributed by atoms with Crippen LogP contribution in [0.25, 0.3) is 0 Å². The molecule has 1 N–H and O–H groups in total. The molecule has 0 aromatic heterocycles. The maximum absolute atomic E-state index is 11.5. The van der Waals surface area contributed by atoms with Crippen molar-refractivity contribution in [3.05, 3.63) is 6.61 Å². The Balaban J connectivity index is 2.24. The van der Waals surface area contributed by atoms with Gasteiger partial charge in [0.15, 0.2) is 0 Å². The van der Waals surface area contributed by atoms with E-state index < -0.39 is 12.6 Å². The Kier molecular flexibility index (Phi) is 2.69. The van der Waals surface area contributed by atoms with Crippen molar-refractivity contribution < 1.29 is 22.6 Å². The van der Waals surface area contributed by atoms with Gasteiger partial charge in [0.1, 0.15) is 12.8 Å². The molecule has 65 valence electrons. The van der Waals surface area contributed by atoms with Crippen LogP contribution in [0, 0.1) is 6.61 Å². The zero-order valence-electron chi connectivity index (χ0n) is 5.52. The second kappa shape index (κ2) is 3.38. The van der Waals surface area contributed by atoms with E-state index in [1.807, 2.05) is 0 Å². The van der Waals surface area contributed by atoms with Gasteiger partial charge in [-0.25, -0.2) is 0 Å². The van der Waals surface area contributed by atoms with Crippen LogP contribution >= 0.6 is 0 Å². The molecule has 0 saturated carbocycles. The number of ether oxygens (including phenoxy) is 2. The van der Waals surface area contributed by atoms with Gasteiger partial charge >= 0.3 is 6.36 Å². The Hall–Kier alpha value is -0.330. The Morgan fingerprint density at radius 3 is 2.73 bits per heavy atom. The molecule has 6 heteroatoms. The molecule has 1 unspecified atom stereocenters. The van der Waals surface area contributed by atoms with Gasteiger partial charge in [-0.3, -0.25) is 10.1 Å². The van der Waals surface area contributed by atoms with Gasteiger partial charge < -0.3 is 4.74 Å². The van der Waals surface area contributed by atoms with Crippen molar-refractivity contribution in [3.63, 3.8) is 0 Å². The Bertz CT molecular complexity index is 121. The molecule has 0 amide bonds. The summed E-state index contributed by atoms with van der Waals surface area (Å²) in [6.07, 6.45) is -5.79. The first kappa shape index (κ1) is 8.76. The molecule has 0 bridgehead atoms. The van der Waals surface area contributed by atoms with E-state index >= 15 is 0 Å². The summed E-state index contributed by atoms with van der Waals surface area (Å²) in [5.41, 5.74) is 0. The summed E-state index contributed by atoms with van der Waals surface area (Å²) in [6, 6.07) is 0. The lowest BCUT2D eigenvalue weighted by Crippen LogP contribution is -2.42. The van der Waals surface area contributed by atoms with E-state index in [0.29, 0.717) is 13.2 Å². The van der Waals surface area contributed by atoms with Crippen molar-refractivity contribution in [1.82, 2.24) is 5.32 Å². The van der Waals surface area contributed by atoms with Gasteiger partial charge in [0.25, 0.3) is 0 Å². The molecule has 0 aromatic carbocycles. The van der Waals surface area contributed by atoms with E-state index in [-0.39, 0.29) is 0 Å². The fourth-order valence-electron chi connectivity index (χ4n) is 0.677. The van der Waals surface area contributed by atoms with E-state index in [9.17, 15) is 13.2 Å². The summed E-state index contributed by atoms with van der Waals surface area (Å²) in [5.74, 6) is 0.